The standard InChI is InChI=1S/C27H35N3O5/c1-4-9-18(26(32)33)16-28-25(31)24(14-15-30(2)3)29-27(34)35-17-23-21-12-7-5-10-19(21)20-11-6-8-13-22(20)23/h5-8,10-13,18,23-24H,4,9,14-17H2,1-3H3,(H,28,31)(H,29,34)(H,32,33). The molecule has 0 bridgehead atoms. The lowest BCUT2D eigenvalue weighted by atomic mass is 9.98. The Balaban J connectivity index is 1.62. The summed E-state index contributed by atoms with van der Waals surface area (Å²) in [6.45, 7) is 2.64. The predicted molar refractivity (Wildman–Crippen MR) is 134 cm³/mol. The number of carboxylic acids is 1. The van der Waals surface area contributed by atoms with Gasteiger partial charge in [0.15, 0.2) is 0 Å². The summed E-state index contributed by atoms with van der Waals surface area (Å²) in [5, 5.41) is 14.7. The predicted octanol–water partition coefficient (Wildman–Crippen LogP) is 3.46. The number of hydrogen-bond acceptors (Lipinski definition) is 5. The zero-order valence-corrected chi connectivity index (χ0v) is 20.6. The van der Waals surface area contributed by atoms with Crippen molar-refractivity contribution in [3.63, 3.8) is 0 Å². The van der Waals surface area contributed by atoms with Crippen molar-refractivity contribution in [1.29, 1.82) is 0 Å². The smallest absolute Gasteiger partial charge is 0.407 e. The van der Waals surface area contributed by atoms with Crippen molar-refractivity contribution in [2.75, 3.05) is 33.8 Å². The van der Waals surface area contributed by atoms with E-state index < -0.39 is 29.9 Å². The summed E-state index contributed by atoms with van der Waals surface area (Å²) in [6.07, 6.45) is 0.871. The van der Waals surface area contributed by atoms with E-state index in [1.165, 1.54) is 0 Å². The van der Waals surface area contributed by atoms with Crippen LogP contribution >= 0.6 is 0 Å². The molecule has 0 aromatic heterocycles. The molecule has 3 N–H and O–H groups in total. The van der Waals surface area contributed by atoms with Crippen molar-refractivity contribution < 1.29 is 24.2 Å². The highest BCUT2D eigenvalue weighted by Crippen LogP contribution is 2.44. The van der Waals surface area contributed by atoms with Gasteiger partial charge in [0, 0.05) is 12.5 Å². The zero-order chi connectivity index (χ0) is 25.4. The molecule has 2 amide bonds. The molecule has 2 unspecified atom stereocenters. The minimum atomic E-state index is -0.943. The molecule has 0 spiro atoms. The Kier molecular flexibility index (Phi) is 9.25. The van der Waals surface area contributed by atoms with Crippen LogP contribution in [0, 0.1) is 5.92 Å². The third kappa shape index (κ3) is 6.82. The van der Waals surface area contributed by atoms with Crippen LogP contribution in [0.15, 0.2) is 48.5 Å². The van der Waals surface area contributed by atoms with E-state index in [9.17, 15) is 19.5 Å². The van der Waals surface area contributed by atoms with E-state index in [4.69, 9.17) is 4.74 Å². The van der Waals surface area contributed by atoms with E-state index in [1.54, 1.807) is 0 Å². The molecule has 188 valence electrons. The maximum atomic E-state index is 12.8. The van der Waals surface area contributed by atoms with Crippen molar-refractivity contribution in [3.05, 3.63) is 59.7 Å². The number of ether oxygens (including phenoxy) is 1. The van der Waals surface area contributed by atoms with Gasteiger partial charge >= 0.3 is 12.1 Å². The number of hydrogen-bond donors (Lipinski definition) is 3. The maximum Gasteiger partial charge on any atom is 0.407 e. The van der Waals surface area contributed by atoms with Gasteiger partial charge in [-0.2, -0.15) is 0 Å². The number of alkyl carbamates (subject to hydrolysis) is 1. The molecule has 0 radical (unpaired) electrons. The van der Waals surface area contributed by atoms with Crippen LogP contribution in [-0.2, 0) is 14.3 Å². The Labute approximate surface area is 206 Å². The van der Waals surface area contributed by atoms with Crippen LogP contribution in [0.4, 0.5) is 4.79 Å². The molecule has 1 aliphatic carbocycles. The molecule has 2 aromatic rings. The van der Waals surface area contributed by atoms with Crippen molar-refractivity contribution >= 4 is 18.0 Å². The summed E-state index contributed by atoms with van der Waals surface area (Å²) in [6, 6.07) is 15.3. The fourth-order valence-electron chi connectivity index (χ4n) is 4.45. The number of carboxylic acid groups (broad SMARTS) is 1. The second kappa shape index (κ2) is 12.4. The highest BCUT2D eigenvalue weighted by atomic mass is 16.5. The van der Waals surface area contributed by atoms with E-state index in [1.807, 2.05) is 62.3 Å². The summed E-state index contributed by atoms with van der Waals surface area (Å²) in [5.74, 6) is -2.09. The van der Waals surface area contributed by atoms with E-state index in [-0.39, 0.29) is 19.1 Å². The van der Waals surface area contributed by atoms with Gasteiger partial charge in [-0.15, -0.1) is 0 Å². The minimum Gasteiger partial charge on any atom is -0.481 e. The zero-order valence-electron chi connectivity index (χ0n) is 20.6. The van der Waals surface area contributed by atoms with Gasteiger partial charge < -0.3 is 25.4 Å². The average molecular weight is 482 g/mol. The Hall–Kier alpha value is -3.39. The monoisotopic (exact) mass is 481 g/mol. The van der Waals surface area contributed by atoms with Gasteiger partial charge in [0.2, 0.25) is 5.91 Å². The van der Waals surface area contributed by atoms with Crippen LogP contribution in [-0.4, -0.2) is 67.8 Å². The molecule has 8 heteroatoms. The highest BCUT2D eigenvalue weighted by molar-refractivity contribution is 5.86. The summed E-state index contributed by atoms with van der Waals surface area (Å²) in [4.78, 5) is 38.8. The number of amides is 2. The molecule has 1 aliphatic rings. The molecule has 0 heterocycles. The number of nitrogens with zero attached hydrogens (tertiary/aromatic N) is 1. The van der Waals surface area contributed by atoms with E-state index >= 15 is 0 Å². The van der Waals surface area contributed by atoms with Gasteiger partial charge in [0.25, 0.3) is 0 Å². The molecule has 0 aliphatic heterocycles. The van der Waals surface area contributed by atoms with E-state index in [2.05, 4.69) is 22.8 Å². The number of aliphatic carboxylic acids is 1. The highest BCUT2D eigenvalue weighted by Gasteiger charge is 2.30. The van der Waals surface area contributed by atoms with Gasteiger partial charge in [-0.1, -0.05) is 61.9 Å². The van der Waals surface area contributed by atoms with Crippen LogP contribution < -0.4 is 10.6 Å². The van der Waals surface area contributed by atoms with E-state index in [0.717, 1.165) is 22.3 Å². The van der Waals surface area contributed by atoms with Crippen molar-refractivity contribution in [2.24, 2.45) is 5.92 Å². The second-order valence-electron chi connectivity index (χ2n) is 9.18. The van der Waals surface area contributed by atoms with Crippen molar-refractivity contribution in [3.8, 4) is 11.1 Å². The van der Waals surface area contributed by atoms with E-state index in [0.29, 0.717) is 25.8 Å². The van der Waals surface area contributed by atoms with Crippen molar-refractivity contribution in [2.45, 2.75) is 38.1 Å². The van der Waals surface area contributed by atoms with Crippen LogP contribution in [0.5, 0.6) is 0 Å². The lowest BCUT2D eigenvalue weighted by Gasteiger charge is -2.22. The van der Waals surface area contributed by atoms with Gasteiger partial charge in [-0.25, -0.2) is 4.79 Å². The Bertz CT molecular complexity index is 993. The molecule has 35 heavy (non-hydrogen) atoms. The lowest BCUT2D eigenvalue weighted by Crippen LogP contribution is -2.49. The molecular weight excluding hydrogens is 446 g/mol. The van der Waals surface area contributed by atoms with Crippen molar-refractivity contribution in [1.82, 2.24) is 15.5 Å². The SMILES string of the molecule is CCCC(CNC(=O)C(CCN(C)C)NC(=O)OCC1c2ccccc2-c2ccccc21)C(=O)O. The van der Waals surface area contributed by atoms with Crippen LogP contribution in [0.1, 0.15) is 43.2 Å². The lowest BCUT2D eigenvalue weighted by molar-refractivity contribution is -0.142. The number of nitrogens with one attached hydrogen (secondary N) is 2. The van der Waals surface area contributed by atoms with Gasteiger partial charge in [0.1, 0.15) is 12.6 Å². The third-order valence-corrected chi connectivity index (χ3v) is 6.33. The molecule has 3 rings (SSSR count). The Morgan fingerprint density at radius 2 is 1.60 bits per heavy atom. The molecular formula is C27H35N3O5. The van der Waals surface area contributed by atoms with Crippen LogP contribution in [0.25, 0.3) is 11.1 Å². The number of benzene rings is 2. The normalized spacial score (nSPS) is 14.1. The number of rotatable bonds is 12. The van der Waals surface area contributed by atoms with Gasteiger partial charge in [-0.3, -0.25) is 9.59 Å². The third-order valence-electron chi connectivity index (χ3n) is 6.33. The number of carbonyl (C=O) groups excluding carboxylic acids is 2. The Morgan fingerprint density at radius 3 is 2.14 bits per heavy atom. The molecule has 8 nitrogen and oxygen atoms in total. The first-order chi connectivity index (χ1) is 16.8. The molecule has 2 aromatic carbocycles. The molecule has 0 saturated carbocycles. The van der Waals surface area contributed by atoms with Crippen LogP contribution in [0.2, 0.25) is 0 Å². The fraction of sp³-hybridized carbons (Fsp3) is 0.444. The van der Waals surface area contributed by atoms with Gasteiger partial charge in [-0.05, 0) is 55.7 Å². The molecule has 0 fully saturated rings. The quantitative estimate of drug-likeness (QED) is 0.429. The first kappa shape index (κ1) is 26.2. The van der Waals surface area contributed by atoms with Gasteiger partial charge in [0.05, 0.1) is 5.92 Å². The second-order valence-corrected chi connectivity index (χ2v) is 9.18. The first-order valence-corrected chi connectivity index (χ1v) is 12.1. The maximum absolute atomic E-state index is 12.8. The summed E-state index contributed by atoms with van der Waals surface area (Å²) >= 11 is 0. The number of carbonyl (C=O) groups is 3. The average Bonchev–Trinajstić information content (AvgIpc) is 3.16. The fourth-order valence-corrected chi connectivity index (χ4v) is 4.45. The Morgan fingerprint density at radius 1 is 1.00 bits per heavy atom. The summed E-state index contributed by atoms with van der Waals surface area (Å²) in [5.41, 5.74) is 4.50. The number of fused-ring (bicyclic) bond motifs is 3. The van der Waals surface area contributed by atoms with Crippen LogP contribution in [0.3, 0.4) is 0 Å². The minimum absolute atomic E-state index is 0.0207. The first-order valence-electron chi connectivity index (χ1n) is 12.1. The summed E-state index contributed by atoms with van der Waals surface area (Å²) in [7, 11) is 3.76. The molecule has 0 saturated heterocycles. The topological polar surface area (TPSA) is 108 Å². The molecule has 2 atom stereocenters. The summed E-state index contributed by atoms with van der Waals surface area (Å²) < 4.78 is 5.59. The largest absolute Gasteiger partial charge is 0.481 e.